The van der Waals surface area contributed by atoms with Gasteiger partial charge in [-0.2, -0.15) is 0 Å². The zero-order valence-electron chi connectivity index (χ0n) is 9.27. The Balaban J connectivity index is 1.97. The Labute approximate surface area is 112 Å². The predicted octanol–water partition coefficient (Wildman–Crippen LogP) is 4.29. The number of hydrogen-bond donors (Lipinski definition) is 0. The first-order valence-corrected chi connectivity index (χ1v) is 6.74. The van der Waals surface area contributed by atoms with Gasteiger partial charge in [-0.25, -0.2) is 0 Å². The molecular formula is C13H11BrO2S. The van der Waals surface area contributed by atoms with Crippen molar-refractivity contribution in [2.45, 2.75) is 13.5 Å². The average Bonchev–Trinajstić information content (AvgIpc) is 2.77. The van der Waals surface area contributed by atoms with Crippen molar-refractivity contribution in [3.8, 4) is 5.06 Å². The number of Topliss-reactive ketones (excluding diaryl/α,β-unsaturated/α-hetero) is 1. The van der Waals surface area contributed by atoms with Crippen molar-refractivity contribution in [2.75, 3.05) is 0 Å². The summed E-state index contributed by atoms with van der Waals surface area (Å²) in [6, 6.07) is 11.6. The van der Waals surface area contributed by atoms with Crippen molar-refractivity contribution in [3.05, 3.63) is 51.3 Å². The third-order valence-corrected chi connectivity index (χ3v) is 3.85. The highest BCUT2D eigenvalue weighted by Crippen LogP contribution is 2.25. The molecule has 0 unspecified atom stereocenters. The molecule has 0 radical (unpaired) electrons. The fourth-order valence-corrected chi connectivity index (χ4v) is 2.34. The SMILES string of the molecule is CC(=O)c1ccc(OCc2ccc(Br)cc2)s1. The lowest BCUT2D eigenvalue weighted by Gasteiger charge is -2.03. The van der Waals surface area contributed by atoms with Crippen LogP contribution in [-0.4, -0.2) is 5.78 Å². The molecule has 0 bridgehead atoms. The van der Waals surface area contributed by atoms with E-state index in [0.717, 1.165) is 20.0 Å². The number of rotatable bonds is 4. The van der Waals surface area contributed by atoms with Crippen molar-refractivity contribution in [3.63, 3.8) is 0 Å². The van der Waals surface area contributed by atoms with Crippen LogP contribution in [0.15, 0.2) is 40.9 Å². The monoisotopic (exact) mass is 310 g/mol. The van der Waals surface area contributed by atoms with Crippen LogP contribution in [-0.2, 0) is 6.61 Å². The molecule has 4 heteroatoms. The van der Waals surface area contributed by atoms with Gasteiger partial charge in [0.15, 0.2) is 10.8 Å². The fraction of sp³-hybridized carbons (Fsp3) is 0.154. The molecule has 1 aromatic heterocycles. The zero-order chi connectivity index (χ0) is 12.3. The number of benzene rings is 1. The Morgan fingerprint density at radius 2 is 1.94 bits per heavy atom. The molecule has 2 aromatic rings. The van der Waals surface area contributed by atoms with Gasteiger partial charge in [0.1, 0.15) is 6.61 Å². The van der Waals surface area contributed by atoms with E-state index in [4.69, 9.17) is 4.74 Å². The van der Waals surface area contributed by atoms with Crippen LogP contribution in [0, 0.1) is 0 Å². The Bertz CT molecular complexity index is 516. The summed E-state index contributed by atoms with van der Waals surface area (Å²) in [6.07, 6.45) is 0. The van der Waals surface area contributed by atoms with Gasteiger partial charge in [0.25, 0.3) is 0 Å². The van der Waals surface area contributed by atoms with E-state index in [-0.39, 0.29) is 5.78 Å². The molecule has 0 fully saturated rings. The first-order chi connectivity index (χ1) is 8.15. The third kappa shape index (κ3) is 3.41. The van der Waals surface area contributed by atoms with Gasteiger partial charge >= 0.3 is 0 Å². The third-order valence-electron chi connectivity index (χ3n) is 2.22. The molecule has 0 N–H and O–H groups in total. The molecule has 1 aromatic carbocycles. The molecule has 0 aliphatic rings. The molecule has 2 rings (SSSR count). The molecule has 0 atom stereocenters. The summed E-state index contributed by atoms with van der Waals surface area (Å²) in [5, 5.41) is 0.776. The minimum absolute atomic E-state index is 0.0773. The van der Waals surface area contributed by atoms with Crippen molar-refractivity contribution in [1.82, 2.24) is 0 Å². The van der Waals surface area contributed by atoms with Gasteiger partial charge in [0, 0.05) is 4.47 Å². The van der Waals surface area contributed by atoms with Gasteiger partial charge in [0.05, 0.1) is 4.88 Å². The number of ketones is 1. The first kappa shape index (κ1) is 12.3. The average molecular weight is 311 g/mol. The Morgan fingerprint density at radius 3 is 2.53 bits per heavy atom. The zero-order valence-corrected chi connectivity index (χ0v) is 11.7. The van der Waals surface area contributed by atoms with E-state index >= 15 is 0 Å². The number of ether oxygens (including phenoxy) is 1. The maximum Gasteiger partial charge on any atom is 0.174 e. The largest absolute Gasteiger partial charge is 0.479 e. The van der Waals surface area contributed by atoms with Crippen LogP contribution in [0.4, 0.5) is 0 Å². The molecule has 0 aliphatic carbocycles. The van der Waals surface area contributed by atoms with E-state index in [1.165, 1.54) is 11.3 Å². The lowest BCUT2D eigenvalue weighted by molar-refractivity contribution is 0.102. The van der Waals surface area contributed by atoms with E-state index in [1.54, 1.807) is 13.0 Å². The lowest BCUT2D eigenvalue weighted by Crippen LogP contribution is -1.93. The molecule has 0 aliphatic heterocycles. The molecule has 2 nitrogen and oxygen atoms in total. The van der Waals surface area contributed by atoms with E-state index < -0.39 is 0 Å². The fourth-order valence-electron chi connectivity index (χ4n) is 1.32. The van der Waals surface area contributed by atoms with Crippen LogP contribution in [0.2, 0.25) is 0 Å². The van der Waals surface area contributed by atoms with Gasteiger partial charge in [-0.1, -0.05) is 39.4 Å². The highest BCUT2D eigenvalue weighted by atomic mass is 79.9. The van der Waals surface area contributed by atoms with Gasteiger partial charge in [-0.3, -0.25) is 4.79 Å². The summed E-state index contributed by atoms with van der Waals surface area (Å²) in [6.45, 7) is 2.08. The first-order valence-electron chi connectivity index (χ1n) is 5.13. The molecule has 17 heavy (non-hydrogen) atoms. The second kappa shape index (κ2) is 5.47. The smallest absolute Gasteiger partial charge is 0.174 e. The lowest BCUT2D eigenvalue weighted by atomic mass is 10.2. The molecule has 1 heterocycles. The van der Waals surface area contributed by atoms with Gasteiger partial charge in [0.2, 0.25) is 0 Å². The van der Waals surface area contributed by atoms with Crippen LogP contribution in [0.25, 0.3) is 0 Å². The standard InChI is InChI=1S/C13H11BrO2S/c1-9(15)12-6-7-13(17-12)16-8-10-2-4-11(14)5-3-10/h2-7H,8H2,1H3. The van der Waals surface area contributed by atoms with Crippen LogP contribution >= 0.6 is 27.3 Å². The molecule has 0 saturated heterocycles. The summed E-state index contributed by atoms with van der Waals surface area (Å²) < 4.78 is 6.67. The van der Waals surface area contributed by atoms with Crippen molar-refractivity contribution >= 4 is 33.0 Å². The highest BCUT2D eigenvalue weighted by molar-refractivity contribution is 9.10. The van der Waals surface area contributed by atoms with Crippen molar-refractivity contribution < 1.29 is 9.53 Å². The van der Waals surface area contributed by atoms with Crippen molar-refractivity contribution in [1.29, 1.82) is 0 Å². The maximum absolute atomic E-state index is 11.1. The maximum atomic E-state index is 11.1. The predicted molar refractivity (Wildman–Crippen MR) is 72.8 cm³/mol. The molecule has 0 spiro atoms. The second-order valence-corrected chi connectivity index (χ2v) is 5.55. The van der Waals surface area contributed by atoms with Crippen LogP contribution in [0.1, 0.15) is 22.2 Å². The van der Waals surface area contributed by atoms with E-state index in [0.29, 0.717) is 6.61 Å². The van der Waals surface area contributed by atoms with E-state index in [1.807, 2.05) is 30.3 Å². The summed E-state index contributed by atoms with van der Waals surface area (Å²) >= 11 is 4.77. The number of thiophene rings is 1. The summed E-state index contributed by atoms with van der Waals surface area (Å²) in [5.41, 5.74) is 1.10. The highest BCUT2D eigenvalue weighted by Gasteiger charge is 2.05. The van der Waals surface area contributed by atoms with Crippen molar-refractivity contribution in [2.24, 2.45) is 0 Å². The summed E-state index contributed by atoms with van der Waals surface area (Å²) in [5.74, 6) is 0.0773. The molecule has 0 amide bonds. The number of carbonyl (C=O) groups is 1. The Morgan fingerprint density at radius 1 is 1.24 bits per heavy atom. The molecule has 88 valence electrons. The number of halogens is 1. The van der Waals surface area contributed by atoms with E-state index in [9.17, 15) is 4.79 Å². The molecular weight excluding hydrogens is 300 g/mol. The topological polar surface area (TPSA) is 26.3 Å². The van der Waals surface area contributed by atoms with Gasteiger partial charge in [-0.15, -0.1) is 0 Å². The van der Waals surface area contributed by atoms with Crippen LogP contribution in [0.5, 0.6) is 5.06 Å². The second-order valence-electron chi connectivity index (χ2n) is 3.59. The van der Waals surface area contributed by atoms with Gasteiger partial charge in [-0.05, 0) is 36.8 Å². The normalized spacial score (nSPS) is 10.2. The summed E-state index contributed by atoms with van der Waals surface area (Å²) in [4.78, 5) is 11.9. The minimum atomic E-state index is 0.0773. The van der Waals surface area contributed by atoms with Crippen LogP contribution in [0.3, 0.4) is 0 Å². The van der Waals surface area contributed by atoms with Gasteiger partial charge < -0.3 is 4.74 Å². The Kier molecular flexibility index (Phi) is 3.97. The number of carbonyl (C=O) groups excluding carboxylic acids is 1. The Hall–Kier alpha value is -1.13. The van der Waals surface area contributed by atoms with Crippen LogP contribution < -0.4 is 4.74 Å². The quantitative estimate of drug-likeness (QED) is 0.787. The molecule has 0 saturated carbocycles. The van der Waals surface area contributed by atoms with E-state index in [2.05, 4.69) is 15.9 Å². The number of hydrogen-bond acceptors (Lipinski definition) is 3. The minimum Gasteiger partial charge on any atom is -0.479 e. The summed E-state index contributed by atoms with van der Waals surface area (Å²) in [7, 11) is 0.